The van der Waals surface area contributed by atoms with E-state index in [2.05, 4.69) is 62.4 Å². The second-order valence-electron chi connectivity index (χ2n) is 4.46. The third-order valence-corrected chi connectivity index (χ3v) is 2.78. The zero-order valence-corrected chi connectivity index (χ0v) is 10.4. The molecular weight excluding hydrogens is 208 g/mol. The van der Waals surface area contributed by atoms with Crippen LogP contribution in [0, 0.1) is 13.8 Å². The van der Waals surface area contributed by atoms with Crippen LogP contribution in [0.5, 0.6) is 0 Å². The van der Waals surface area contributed by atoms with Gasteiger partial charge in [0.15, 0.2) is 0 Å². The summed E-state index contributed by atoms with van der Waals surface area (Å²) in [5, 5.41) is 0. The second-order valence-corrected chi connectivity index (χ2v) is 4.46. The molecule has 0 aliphatic carbocycles. The fourth-order valence-electron chi connectivity index (χ4n) is 1.66. The summed E-state index contributed by atoms with van der Waals surface area (Å²) in [4.78, 5) is 0. The number of aryl methyl sites for hydroxylation is 2. The van der Waals surface area contributed by atoms with Gasteiger partial charge in [-0.2, -0.15) is 0 Å². The first-order valence-electron chi connectivity index (χ1n) is 5.93. The molecule has 0 N–H and O–H groups in total. The summed E-state index contributed by atoms with van der Waals surface area (Å²) in [6, 6.07) is 16.9. The van der Waals surface area contributed by atoms with E-state index in [0.29, 0.717) is 13.2 Å². The van der Waals surface area contributed by atoms with Crippen LogP contribution in [0.15, 0.2) is 48.5 Å². The van der Waals surface area contributed by atoms with E-state index in [1.54, 1.807) is 0 Å². The molecule has 0 spiro atoms. The molecule has 0 aliphatic heterocycles. The van der Waals surface area contributed by atoms with Gasteiger partial charge in [-0.1, -0.05) is 59.7 Å². The zero-order valence-electron chi connectivity index (χ0n) is 10.4. The van der Waals surface area contributed by atoms with Crippen LogP contribution in [0.25, 0.3) is 0 Å². The molecule has 0 aromatic heterocycles. The Balaban J connectivity index is 1.83. The summed E-state index contributed by atoms with van der Waals surface area (Å²) in [5.41, 5.74) is 5.02. The van der Waals surface area contributed by atoms with E-state index in [9.17, 15) is 0 Å². The van der Waals surface area contributed by atoms with E-state index >= 15 is 0 Å². The summed E-state index contributed by atoms with van der Waals surface area (Å²) in [5.74, 6) is 0. The molecule has 0 bridgehead atoms. The first kappa shape index (κ1) is 11.9. The van der Waals surface area contributed by atoms with Crippen molar-refractivity contribution in [2.75, 3.05) is 0 Å². The van der Waals surface area contributed by atoms with Crippen LogP contribution in [0.1, 0.15) is 22.3 Å². The van der Waals surface area contributed by atoms with Gasteiger partial charge >= 0.3 is 0 Å². The van der Waals surface area contributed by atoms with Crippen molar-refractivity contribution < 1.29 is 4.74 Å². The molecule has 2 aromatic carbocycles. The number of hydrogen-bond donors (Lipinski definition) is 0. The largest absolute Gasteiger partial charge is 0.372 e. The van der Waals surface area contributed by atoms with Gasteiger partial charge in [0.1, 0.15) is 0 Å². The Morgan fingerprint density at radius 2 is 1.00 bits per heavy atom. The molecule has 0 saturated heterocycles. The van der Waals surface area contributed by atoms with E-state index in [0.717, 1.165) is 0 Å². The first-order chi connectivity index (χ1) is 8.24. The minimum atomic E-state index is 0.675. The fraction of sp³-hybridized carbons (Fsp3) is 0.250. The zero-order chi connectivity index (χ0) is 12.1. The molecule has 0 radical (unpaired) electrons. The number of rotatable bonds is 4. The number of hydrogen-bond acceptors (Lipinski definition) is 1. The van der Waals surface area contributed by atoms with Crippen LogP contribution >= 0.6 is 0 Å². The summed E-state index contributed by atoms with van der Waals surface area (Å²) in [7, 11) is 0. The van der Waals surface area contributed by atoms with Gasteiger partial charge < -0.3 is 4.74 Å². The summed E-state index contributed by atoms with van der Waals surface area (Å²) in [6.45, 7) is 5.54. The minimum absolute atomic E-state index is 0.675. The van der Waals surface area contributed by atoms with Gasteiger partial charge in [0.2, 0.25) is 0 Å². The predicted molar refractivity (Wildman–Crippen MR) is 70.9 cm³/mol. The molecule has 0 saturated carbocycles. The molecular formula is C16H18O. The molecule has 0 heterocycles. The Morgan fingerprint density at radius 3 is 1.35 bits per heavy atom. The molecule has 0 fully saturated rings. The van der Waals surface area contributed by atoms with Crippen LogP contribution in [-0.4, -0.2) is 0 Å². The first-order valence-corrected chi connectivity index (χ1v) is 5.93. The van der Waals surface area contributed by atoms with Gasteiger partial charge in [-0.05, 0) is 25.0 Å². The van der Waals surface area contributed by atoms with E-state index in [1.807, 2.05) is 0 Å². The number of ether oxygens (including phenoxy) is 1. The van der Waals surface area contributed by atoms with Crippen LogP contribution in [0.4, 0.5) is 0 Å². The molecule has 0 amide bonds. The highest BCUT2D eigenvalue weighted by Gasteiger charge is 1.95. The Bertz CT molecular complexity index is 408. The van der Waals surface area contributed by atoms with Crippen molar-refractivity contribution in [1.29, 1.82) is 0 Å². The van der Waals surface area contributed by atoms with Crippen molar-refractivity contribution in [2.24, 2.45) is 0 Å². The molecule has 1 nitrogen and oxygen atoms in total. The fourth-order valence-corrected chi connectivity index (χ4v) is 1.66. The summed E-state index contributed by atoms with van der Waals surface area (Å²) in [6.07, 6.45) is 0. The van der Waals surface area contributed by atoms with Crippen LogP contribution in [-0.2, 0) is 18.0 Å². The van der Waals surface area contributed by atoms with E-state index in [4.69, 9.17) is 4.74 Å². The van der Waals surface area contributed by atoms with Crippen LogP contribution in [0.3, 0.4) is 0 Å². The van der Waals surface area contributed by atoms with E-state index in [-0.39, 0.29) is 0 Å². The van der Waals surface area contributed by atoms with Crippen LogP contribution in [0.2, 0.25) is 0 Å². The molecule has 1 heteroatoms. The monoisotopic (exact) mass is 226 g/mol. The van der Waals surface area contributed by atoms with Crippen molar-refractivity contribution in [1.82, 2.24) is 0 Å². The van der Waals surface area contributed by atoms with Gasteiger partial charge in [-0.3, -0.25) is 0 Å². The molecule has 2 rings (SSSR count). The quantitative estimate of drug-likeness (QED) is 0.765. The molecule has 2 aromatic rings. The van der Waals surface area contributed by atoms with Gasteiger partial charge in [-0.15, -0.1) is 0 Å². The SMILES string of the molecule is Cc1ccc(COCc2ccc(C)cc2)cc1. The number of benzene rings is 2. The lowest BCUT2D eigenvalue weighted by Gasteiger charge is -2.05. The second kappa shape index (κ2) is 5.65. The van der Waals surface area contributed by atoms with E-state index < -0.39 is 0 Å². The smallest absolute Gasteiger partial charge is 0.0721 e. The minimum Gasteiger partial charge on any atom is -0.372 e. The van der Waals surface area contributed by atoms with Gasteiger partial charge in [0.05, 0.1) is 13.2 Å². The third-order valence-electron chi connectivity index (χ3n) is 2.78. The molecule has 0 unspecified atom stereocenters. The Labute approximate surface area is 103 Å². The maximum Gasteiger partial charge on any atom is 0.0721 e. The van der Waals surface area contributed by atoms with Gasteiger partial charge in [-0.25, -0.2) is 0 Å². The Morgan fingerprint density at radius 1 is 0.647 bits per heavy atom. The van der Waals surface area contributed by atoms with Crippen molar-refractivity contribution in [3.63, 3.8) is 0 Å². The predicted octanol–water partition coefficient (Wildman–Crippen LogP) is 4.02. The highest BCUT2D eigenvalue weighted by atomic mass is 16.5. The van der Waals surface area contributed by atoms with Crippen molar-refractivity contribution in [3.05, 3.63) is 70.8 Å². The summed E-state index contributed by atoms with van der Waals surface area (Å²) >= 11 is 0. The van der Waals surface area contributed by atoms with Gasteiger partial charge in [0.25, 0.3) is 0 Å². The van der Waals surface area contributed by atoms with Crippen molar-refractivity contribution in [2.45, 2.75) is 27.1 Å². The van der Waals surface area contributed by atoms with E-state index in [1.165, 1.54) is 22.3 Å². The normalized spacial score (nSPS) is 10.5. The average molecular weight is 226 g/mol. The van der Waals surface area contributed by atoms with Crippen molar-refractivity contribution in [3.8, 4) is 0 Å². The molecule has 17 heavy (non-hydrogen) atoms. The molecule has 0 atom stereocenters. The standard InChI is InChI=1S/C16H18O/c1-13-3-7-15(8-4-13)11-17-12-16-9-5-14(2)6-10-16/h3-10H,11-12H2,1-2H3. The molecule has 88 valence electrons. The lowest BCUT2D eigenvalue weighted by atomic mass is 10.1. The third kappa shape index (κ3) is 3.72. The van der Waals surface area contributed by atoms with Crippen molar-refractivity contribution >= 4 is 0 Å². The topological polar surface area (TPSA) is 9.23 Å². The lowest BCUT2D eigenvalue weighted by Crippen LogP contribution is -1.94. The summed E-state index contributed by atoms with van der Waals surface area (Å²) < 4.78 is 5.69. The lowest BCUT2D eigenvalue weighted by molar-refractivity contribution is 0.107. The Kier molecular flexibility index (Phi) is 3.94. The molecule has 0 aliphatic rings. The maximum atomic E-state index is 5.69. The maximum absolute atomic E-state index is 5.69. The highest BCUT2D eigenvalue weighted by Crippen LogP contribution is 2.08. The van der Waals surface area contributed by atoms with Gasteiger partial charge in [0, 0.05) is 0 Å². The Hall–Kier alpha value is -1.60. The average Bonchev–Trinajstić information content (AvgIpc) is 2.34. The van der Waals surface area contributed by atoms with Crippen LogP contribution < -0.4 is 0 Å². The highest BCUT2D eigenvalue weighted by molar-refractivity contribution is 5.22.